The summed E-state index contributed by atoms with van der Waals surface area (Å²) in [5, 5.41) is 3.30. The first-order valence-electron chi connectivity index (χ1n) is 7.82. The van der Waals surface area contributed by atoms with E-state index in [1.165, 1.54) is 18.2 Å². The summed E-state index contributed by atoms with van der Waals surface area (Å²) in [6, 6.07) is 8.31. The van der Waals surface area contributed by atoms with Gasteiger partial charge in [-0.15, -0.1) is 0 Å². The highest BCUT2D eigenvalue weighted by atomic mass is 35.5. The Kier molecular flexibility index (Phi) is 5.53. The molecule has 1 atom stereocenters. The number of carbonyl (C=O) groups is 1. The fourth-order valence-electron chi connectivity index (χ4n) is 2.83. The van der Waals surface area contributed by atoms with Crippen LogP contribution >= 0.6 is 23.2 Å². The average Bonchev–Trinajstić information content (AvgIpc) is 3.09. The molecule has 26 heavy (non-hydrogen) atoms. The lowest BCUT2D eigenvalue weighted by Crippen LogP contribution is -2.43. The summed E-state index contributed by atoms with van der Waals surface area (Å²) < 4.78 is 39.8. The lowest BCUT2D eigenvalue weighted by atomic mass is 10.2. The van der Waals surface area contributed by atoms with E-state index in [4.69, 9.17) is 23.2 Å². The molecule has 2 aromatic carbocycles. The molecule has 1 amide bonds. The van der Waals surface area contributed by atoms with Gasteiger partial charge in [0.15, 0.2) is 0 Å². The van der Waals surface area contributed by atoms with E-state index in [1.54, 1.807) is 12.1 Å². The number of rotatable bonds is 4. The first kappa shape index (κ1) is 19.1. The second kappa shape index (κ2) is 7.52. The average molecular weight is 417 g/mol. The number of nitrogens with one attached hydrogen (secondary N) is 1. The van der Waals surface area contributed by atoms with Crippen LogP contribution in [-0.4, -0.2) is 31.2 Å². The Morgan fingerprint density at radius 2 is 1.81 bits per heavy atom. The topological polar surface area (TPSA) is 66.5 Å². The summed E-state index contributed by atoms with van der Waals surface area (Å²) in [6.45, 7) is 0.221. The molecule has 0 unspecified atom stereocenters. The molecule has 9 heteroatoms. The van der Waals surface area contributed by atoms with Crippen molar-refractivity contribution in [1.82, 2.24) is 4.31 Å². The van der Waals surface area contributed by atoms with Gasteiger partial charge in [-0.1, -0.05) is 23.2 Å². The maximum atomic E-state index is 13.1. The second-order valence-electron chi connectivity index (χ2n) is 5.85. The monoisotopic (exact) mass is 416 g/mol. The van der Waals surface area contributed by atoms with Crippen molar-refractivity contribution in [2.45, 2.75) is 23.8 Å². The minimum absolute atomic E-state index is 0.0480. The number of hydrogen-bond donors (Lipinski definition) is 1. The summed E-state index contributed by atoms with van der Waals surface area (Å²) in [5.74, 6) is -0.981. The molecule has 138 valence electrons. The molecule has 0 spiro atoms. The van der Waals surface area contributed by atoms with E-state index < -0.39 is 27.8 Å². The molecule has 0 aromatic heterocycles. The molecule has 0 aliphatic carbocycles. The number of halogens is 3. The number of hydrogen-bond acceptors (Lipinski definition) is 3. The van der Waals surface area contributed by atoms with E-state index in [9.17, 15) is 17.6 Å². The normalized spacial score (nSPS) is 18.0. The Morgan fingerprint density at radius 1 is 1.12 bits per heavy atom. The van der Waals surface area contributed by atoms with Crippen LogP contribution in [0.15, 0.2) is 47.4 Å². The van der Waals surface area contributed by atoms with Crippen LogP contribution in [0.4, 0.5) is 10.1 Å². The van der Waals surface area contributed by atoms with E-state index in [-0.39, 0.29) is 16.5 Å². The van der Waals surface area contributed by atoms with Crippen molar-refractivity contribution in [3.8, 4) is 0 Å². The van der Waals surface area contributed by atoms with Gasteiger partial charge in [-0.3, -0.25) is 4.79 Å². The SMILES string of the molecule is O=C(Nc1ccc(Cl)c(Cl)c1)[C@@H]1CCCN1S(=O)(=O)c1ccc(F)cc1. The Bertz CT molecular complexity index is 936. The highest BCUT2D eigenvalue weighted by Gasteiger charge is 2.39. The third-order valence-corrected chi connectivity index (χ3v) is 6.78. The van der Waals surface area contributed by atoms with Crippen LogP contribution in [0.5, 0.6) is 0 Å². The van der Waals surface area contributed by atoms with Gasteiger partial charge in [0.1, 0.15) is 11.9 Å². The maximum Gasteiger partial charge on any atom is 0.243 e. The zero-order valence-corrected chi connectivity index (χ0v) is 15.8. The summed E-state index contributed by atoms with van der Waals surface area (Å²) in [7, 11) is -3.90. The molecule has 1 saturated heterocycles. The Balaban J connectivity index is 1.81. The fourth-order valence-corrected chi connectivity index (χ4v) is 4.79. The van der Waals surface area contributed by atoms with Crippen LogP contribution in [0.1, 0.15) is 12.8 Å². The molecule has 0 saturated carbocycles. The van der Waals surface area contributed by atoms with Crippen molar-refractivity contribution < 1.29 is 17.6 Å². The van der Waals surface area contributed by atoms with Crippen molar-refractivity contribution in [3.63, 3.8) is 0 Å². The van der Waals surface area contributed by atoms with Crippen LogP contribution in [0.25, 0.3) is 0 Å². The number of nitrogens with zero attached hydrogens (tertiary/aromatic N) is 1. The highest BCUT2D eigenvalue weighted by Crippen LogP contribution is 2.29. The molecular weight excluding hydrogens is 402 g/mol. The number of benzene rings is 2. The molecule has 3 rings (SSSR count). The van der Waals surface area contributed by atoms with Gasteiger partial charge in [0.2, 0.25) is 15.9 Å². The number of sulfonamides is 1. The van der Waals surface area contributed by atoms with Crippen LogP contribution in [0.3, 0.4) is 0 Å². The van der Waals surface area contributed by atoms with E-state index in [2.05, 4.69) is 5.32 Å². The molecule has 5 nitrogen and oxygen atoms in total. The number of anilines is 1. The minimum Gasteiger partial charge on any atom is -0.325 e. The number of amides is 1. The molecule has 0 radical (unpaired) electrons. The quantitative estimate of drug-likeness (QED) is 0.820. The van der Waals surface area contributed by atoms with Crippen LogP contribution < -0.4 is 5.32 Å². The molecule has 1 fully saturated rings. The predicted molar refractivity (Wildman–Crippen MR) is 98.4 cm³/mol. The zero-order valence-electron chi connectivity index (χ0n) is 13.5. The molecule has 2 aromatic rings. The molecule has 1 aliphatic heterocycles. The molecular formula is C17H15Cl2FN2O3S. The van der Waals surface area contributed by atoms with Crippen LogP contribution in [0, 0.1) is 5.82 Å². The Labute approximate surface area is 160 Å². The Morgan fingerprint density at radius 3 is 2.46 bits per heavy atom. The van der Waals surface area contributed by atoms with Crippen molar-refractivity contribution in [3.05, 3.63) is 58.3 Å². The van der Waals surface area contributed by atoms with Gasteiger partial charge in [0.25, 0.3) is 0 Å². The van der Waals surface area contributed by atoms with Crippen molar-refractivity contribution in [1.29, 1.82) is 0 Å². The molecule has 1 heterocycles. The maximum absolute atomic E-state index is 13.1. The van der Waals surface area contributed by atoms with Gasteiger partial charge in [-0.2, -0.15) is 4.31 Å². The van der Waals surface area contributed by atoms with E-state index in [0.717, 1.165) is 16.4 Å². The molecule has 0 bridgehead atoms. The lowest BCUT2D eigenvalue weighted by molar-refractivity contribution is -0.119. The highest BCUT2D eigenvalue weighted by molar-refractivity contribution is 7.89. The zero-order chi connectivity index (χ0) is 18.9. The molecule has 1 N–H and O–H groups in total. The smallest absolute Gasteiger partial charge is 0.243 e. The largest absolute Gasteiger partial charge is 0.325 e. The van der Waals surface area contributed by atoms with Crippen molar-refractivity contribution >= 4 is 44.8 Å². The van der Waals surface area contributed by atoms with E-state index in [0.29, 0.717) is 23.6 Å². The fraction of sp³-hybridized carbons (Fsp3) is 0.235. The number of carbonyl (C=O) groups excluding carboxylic acids is 1. The van der Waals surface area contributed by atoms with Crippen LogP contribution in [0.2, 0.25) is 10.0 Å². The van der Waals surface area contributed by atoms with E-state index in [1.807, 2.05) is 0 Å². The summed E-state index contributed by atoms with van der Waals surface area (Å²) in [4.78, 5) is 12.6. The molecule has 1 aliphatic rings. The standard InChI is InChI=1S/C17H15Cl2FN2O3S/c18-14-8-5-12(10-15(14)19)21-17(23)16-2-1-9-22(16)26(24,25)13-6-3-11(20)4-7-13/h3-8,10,16H,1-2,9H2,(H,21,23)/t16-/m0/s1. The second-order valence-corrected chi connectivity index (χ2v) is 8.55. The van der Waals surface area contributed by atoms with E-state index >= 15 is 0 Å². The van der Waals surface area contributed by atoms with Gasteiger partial charge >= 0.3 is 0 Å². The van der Waals surface area contributed by atoms with Crippen molar-refractivity contribution in [2.24, 2.45) is 0 Å². The lowest BCUT2D eigenvalue weighted by Gasteiger charge is -2.23. The van der Waals surface area contributed by atoms with Gasteiger partial charge in [0, 0.05) is 12.2 Å². The minimum atomic E-state index is -3.90. The van der Waals surface area contributed by atoms with Gasteiger partial charge < -0.3 is 5.32 Å². The third-order valence-electron chi connectivity index (χ3n) is 4.11. The predicted octanol–water partition coefficient (Wildman–Crippen LogP) is 3.92. The van der Waals surface area contributed by atoms with Gasteiger partial charge in [-0.25, -0.2) is 12.8 Å². The first-order valence-corrected chi connectivity index (χ1v) is 10.0. The summed E-state index contributed by atoms with van der Waals surface area (Å²) in [5.41, 5.74) is 0.426. The third kappa shape index (κ3) is 3.86. The van der Waals surface area contributed by atoms with Crippen molar-refractivity contribution in [2.75, 3.05) is 11.9 Å². The summed E-state index contributed by atoms with van der Waals surface area (Å²) >= 11 is 11.8. The summed E-state index contributed by atoms with van der Waals surface area (Å²) in [6.07, 6.45) is 0.952. The first-order chi connectivity index (χ1) is 12.3. The van der Waals surface area contributed by atoms with Gasteiger partial charge in [-0.05, 0) is 55.3 Å². The Hall–Kier alpha value is -1.67. The van der Waals surface area contributed by atoms with Gasteiger partial charge in [0.05, 0.1) is 14.9 Å². The van der Waals surface area contributed by atoms with Crippen LogP contribution in [-0.2, 0) is 14.8 Å².